The average molecular weight is 431 g/mol. The van der Waals surface area contributed by atoms with Gasteiger partial charge in [0, 0.05) is 23.5 Å². The number of amides is 2. The molecule has 1 aliphatic carbocycles. The summed E-state index contributed by atoms with van der Waals surface area (Å²) in [5.41, 5.74) is 4.79. The lowest BCUT2D eigenvalue weighted by Crippen LogP contribution is -2.45. The van der Waals surface area contributed by atoms with Gasteiger partial charge < -0.3 is 10.2 Å². The van der Waals surface area contributed by atoms with Crippen LogP contribution in [-0.4, -0.2) is 35.8 Å². The molecule has 2 amide bonds. The number of nitrogens with zero attached hydrogens (tertiary/aromatic N) is 1. The van der Waals surface area contributed by atoms with Crippen LogP contribution < -0.4 is 5.32 Å². The van der Waals surface area contributed by atoms with E-state index in [1.807, 2.05) is 47.5 Å². The van der Waals surface area contributed by atoms with Gasteiger partial charge in [-0.05, 0) is 61.2 Å². The van der Waals surface area contributed by atoms with E-state index in [0.717, 1.165) is 34.5 Å². The van der Waals surface area contributed by atoms with Crippen LogP contribution in [0, 0.1) is 25.7 Å². The Labute approximate surface area is 186 Å². The fourth-order valence-corrected chi connectivity index (χ4v) is 5.61. The lowest BCUT2D eigenvalue weighted by molar-refractivity contribution is 0.0696. The Hall–Kier alpha value is -2.92. The smallest absolute Gasteiger partial charge is 0.255 e. The predicted octanol–water partition coefficient (Wildman–Crippen LogP) is 4.92. The number of thiophene rings is 1. The number of aryl methyl sites for hydroxylation is 2. The molecule has 3 unspecified atom stereocenters. The van der Waals surface area contributed by atoms with Crippen molar-refractivity contribution in [2.75, 3.05) is 13.1 Å². The van der Waals surface area contributed by atoms with Crippen LogP contribution >= 0.6 is 11.3 Å². The lowest BCUT2D eigenvalue weighted by atomic mass is 10.1. The van der Waals surface area contributed by atoms with E-state index in [9.17, 15) is 9.59 Å². The molecule has 2 fully saturated rings. The molecular weight excluding hydrogens is 404 g/mol. The first-order valence-electron chi connectivity index (χ1n) is 10.8. The van der Waals surface area contributed by atoms with Gasteiger partial charge in [0.15, 0.2) is 0 Å². The van der Waals surface area contributed by atoms with Gasteiger partial charge in [-0.2, -0.15) is 0 Å². The molecule has 4 nitrogen and oxygen atoms in total. The Morgan fingerprint density at radius 2 is 1.87 bits per heavy atom. The molecule has 2 aliphatic rings. The zero-order valence-corrected chi connectivity index (χ0v) is 18.6. The predicted molar refractivity (Wildman–Crippen MR) is 124 cm³/mol. The van der Waals surface area contributed by atoms with Crippen LogP contribution in [-0.2, 0) is 0 Å². The molecule has 31 heavy (non-hydrogen) atoms. The molecule has 1 aromatic heterocycles. The van der Waals surface area contributed by atoms with Crippen molar-refractivity contribution in [3.05, 3.63) is 82.2 Å². The molecular formula is C26H26N2O2S. The average Bonchev–Trinajstić information content (AvgIpc) is 3.20. The highest BCUT2D eigenvalue weighted by Gasteiger charge is 2.54. The summed E-state index contributed by atoms with van der Waals surface area (Å²) in [6, 6.07) is 17.9. The van der Waals surface area contributed by atoms with Gasteiger partial charge in [0.2, 0.25) is 0 Å². The fraction of sp³-hybridized carbons (Fsp3) is 0.308. The van der Waals surface area contributed by atoms with Crippen LogP contribution in [0.4, 0.5) is 0 Å². The van der Waals surface area contributed by atoms with Gasteiger partial charge >= 0.3 is 0 Å². The Kier molecular flexibility index (Phi) is 5.14. The van der Waals surface area contributed by atoms with Crippen molar-refractivity contribution in [1.29, 1.82) is 0 Å². The molecule has 1 N–H and O–H groups in total. The highest BCUT2D eigenvalue weighted by atomic mass is 32.1. The van der Waals surface area contributed by atoms with E-state index in [-0.39, 0.29) is 17.9 Å². The van der Waals surface area contributed by atoms with Crippen molar-refractivity contribution in [3.63, 3.8) is 0 Å². The first kappa shape index (κ1) is 20.0. The second kappa shape index (κ2) is 7.97. The van der Waals surface area contributed by atoms with E-state index in [4.69, 9.17) is 0 Å². The maximum absolute atomic E-state index is 13.5. The number of rotatable bonds is 5. The minimum absolute atomic E-state index is 0.0667. The van der Waals surface area contributed by atoms with Crippen LogP contribution in [0.1, 0.15) is 38.3 Å². The third-order valence-corrected chi connectivity index (χ3v) is 7.49. The van der Waals surface area contributed by atoms with Gasteiger partial charge in [-0.25, -0.2) is 0 Å². The second-order valence-corrected chi connectivity index (χ2v) is 9.71. The first-order chi connectivity index (χ1) is 15.0. The Bertz CT molecular complexity index is 1130. The summed E-state index contributed by atoms with van der Waals surface area (Å²) in [5.74, 6) is 1.09. The van der Waals surface area contributed by atoms with Crippen molar-refractivity contribution in [2.45, 2.75) is 26.3 Å². The van der Waals surface area contributed by atoms with E-state index in [2.05, 4.69) is 36.5 Å². The summed E-state index contributed by atoms with van der Waals surface area (Å²) >= 11 is 1.61. The normalized spacial score (nSPS) is 21.6. The zero-order valence-electron chi connectivity index (χ0n) is 17.8. The monoisotopic (exact) mass is 430 g/mol. The minimum Gasteiger partial charge on any atom is -0.350 e. The van der Waals surface area contributed by atoms with Gasteiger partial charge in [-0.3, -0.25) is 9.59 Å². The highest BCUT2D eigenvalue weighted by molar-refractivity contribution is 7.14. The fourth-order valence-electron chi connectivity index (χ4n) is 4.71. The second-order valence-electron chi connectivity index (χ2n) is 8.79. The maximum atomic E-state index is 13.5. The molecule has 1 aliphatic heterocycles. The van der Waals surface area contributed by atoms with Crippen molar-refractivity contribution in [3.8, 4) is 10.4 Å². The molecule has 0 spiro atoms. The van der Waals surface area contributed by atoms with E-state index in [1.54, 1.807) is 11.3 Å². The first-order valence-corrected chi connectivity index (χ1v) is 11.7. The van der Waals surface area contributed by atoms with Crippen LogP contribution in [0.25, 0.3) is 10.4 Å². The largest absolute Gasteiger partial charge is 0.350 e. The Balaban J connectivity index is 1.32. The van der Waals surface area contributed by atoms with Gasteiger partial charge in [0.05, 0.1) is 11.6 Å². The number of piperidine rings is 1. The summed E-state index contributed by atoms with van der Waals surface area (Å²) in [7, 11) is 0. The number of benzene rings is 2. The van der Waals surface area contributed by atoms with Crippen molar-refractivity contribution < 1.29 is 9.59 Å². The number of likely N-dealkylation sites (tertiary alicyclic amines) is 1. The van der Waals surface area contributed by atoms with E-state index in [0.29, 0.717) is 23.9 Å². The van der Waals surface area contributed by atoms with Crippen LogP contribution in [0.15, 0.2) is 60.0 Å². The molecule has 2 heterocycles. The summed E-state index contributed by atoms with van der Waals surface area (Å²) in [5, 5.41) is 5.07. The van der Waals surface area contributed by atoms with Crippen molar-refractivity contribution >= 4 is 23.2 Å². The number of carbonyl (C=O) groups is 2. The summed E-state index contributed by atoms with van der Waals surface area (Å²) in [6.45, 7) is 5.34. The van der Waals surface area contributed by atoms with E-state index >= 15 is 0 Å². The molecule has 5 heteroatoms. The summed E-state index contributed by atoms with van der Waals surface area (Å²) < 4.78 is 0. The minimum atomic E-state index is -0.0731. The molecule has 3 aromatic rings. The molecule has 5 rings (SSSR count). The summed E-state index contributed by atoms with van der Waals surface area (Å²) in [4.78, 5) is 29.2. The number of hydrogen-bond acceptors (Lipinski definition) is 3. The van der Waals surface area contributed by atoms with Gasteiger partial charge in [0.1, 0.15) is 0 Å². The SMILES string of the molecule is Cc1ccc(-c2sccc2C(=O)N2CC3CC3C2CNC(=O)c2cccc(C)c2)cc1. The van der Waals surface area contributed by atoms with Crippen LogP contribution in [0.5, 0.6) is 0 Å². The zero-order chi connectivity index (χ0) is 21.5. The molecule has 158 valence electrons. The molecule has 0 bridgehead atoms. The van der Waals surface area contributed by atoms with Gasteiger partial charge in [-0.1, -0.05) is 47.5 Å². The lowest BCUT2D eigenvalue weighted by Gasteiger charge is -2.28. The molecule has 1 saturated carbocycles. The summed E-state index contributed by atoms with van der Waals surface area (Å²) in [6.07, 6.45) is 1.16. The number of nitrogens with one attached hydrogen (secondary N) is 1. The van der Waals surface area contributed by atoms with Crippen LogP contribution in [0.2, 0.25) is 0 Å². The number of hydrogen-bond donors (Lipinski definition) is 1. The van der Waals surface area contributed by atoms with Gasteiger partial charge in [0.25, 0.3) is 11.8 Å². The topological polar surface area (TPSA) is 49.4 Å². The molecule has 2 aromatic carbocycles. The molecule has 1 saturated heterocycles. The van der Waals surface area contributed by atoms with Crippen molar-refractivity contribution in [1.82, 2.24) is 10.2 Å². The Morgan fingerprint density at radius 3 is 2.65 bits per heavy atom. The van der Waals surface area contributed by atoms with E-state index < -0.39 is 0 Å². The number of fused-ring (bicyclic) bond motifs is 1. The van der Waals surface area contributed by atoms with Crippen LogP contribution in [0.3, 0.4) is 0 Å². The third kappa shape index (κ3) is 3.90. The number of carbonyl (C=O) groups excluding carboxylic acids is 2. The molecule has 0 radical (unpaired) electrons. The highest BCUT2D eigenvalue weighted by Crippen LogP contribution is 2.50. The van der Waals surface area contributed by atoms with Gasteiger partial charge in [-0.15, -0.1) is 11.3 Å². The Morgan fingerprint density at radius 1 is 1.06 bits per heavy atom. The standard InChI is InChI=1S/C26H26N2O2S/c1-16-6-8-18(9-7-16)24-21(10-11-31-24)26(30)28-15-20-13-22(20)23(28)14-27-25(29)19-5-3-4-17(2)12-19/h3-12,20,22-23H,13-15H2,1-2H3,(H,27,29). The maximum Gasteiger partial charge on any atom is 0.255 e. The van der Waals surface area contributed by atoms with E-state index in [1.165, 1.54) is 5.56 Å². The van der Waals surface area contributed by atoms with Crippen molar-refractivity contribution in [2.24, 2.45) is 11.8 Å². The quantitative estimate of drug-likeness (QED) is 0.624. The molecule has 3 atom stereocenters. The third-order valence-electron chi connectivity index (χ3n) is 6.53.